The molecule has 2 aliphatic heterocycles. The molecule has 11 nitrogen and oxygen atoms in total. The second-order valence-corrected chi connectivity index (χ2v) is 12.0. The Balaban J connectivity index is 1.68. The zero-order chi connectivity index (χ0) is 29.5. The number of rotatable bonds is 7. The van der Waals surface area contributed by atoms with Crippen molar-refractivity contribution in [3.05, 3.63) is 82.7 Å². The van der Waals surface area contributed by atoms with Crippen molar-refractivity contribution in [2.75, 3.05) is 20.3 Å². The van der Waals surface area contributed by atoms with Gasteiger partial charge < -0.3 is 24.3 Å². The van der Waals surface area contributed by atoms with Crippen LogP contribution in [0.25, 0.3) is 10.7 Å². The van der Waals surface area contributed by atoms with E-state index in [1.165, 1.54) is 23.1 Å². The number of carbonyl (C=O) groups is 1. The van der Waals surface area contributed by atoms with Gasteiger partial charge in [-0.05, 0) is 13.0 Å². The third-order valence-electron chi connectivity index (χ3n) is 7.34. The van der Waals surface area contributed by atoms with Gasteiger partial charge in [-0.1, -0.05) is 64.8 Å². The van der Waals surface area contributed by atoms with Gasteiger partial charge in [0.2, 0.25) is 5.60 Å². The number of aromatic nitrogens is 5. The number of likely N-dealkylation sites (N-methyl/N-ethyl adjacent to an activating group) is 1. The topological polar surface area (TPSA) is 123 Å². The van der Waals surface area contributed by atoms with Crippen LogP contribution < -0.4 is 5.32 Å². The average molecular weight is 650 g/mol. The van der Waals surface area contributed by atoms with E-state index in [9.17, 15) is 4.79 Å². The van der Waals surface area contributed by atoms with Gasteiger partial charge in [-0.2, -0.15) is 0 Å². The summed E-state index contributed by atoms with van der Waals surface area (Å²) in [7, 11) is 1.50. The fourth-order valence-electron chi connectivity index (χ4n) is 5.70. The van der Waals surface area contributed by atoms with Crippen molar-refractivity contribution in [1.29, 1.82) is 0 Å². The number of amides is 1. The van der Waals surface area contributed by atoms with Crippen molar-refractivity contribution in [3.8, 4) is 10.7 Å². The minimum absolute atomic E-state index is 0.0973. The van der Waals surface area contributed by atoms with Gasteiger partial charge in [0.05, 0.1) is 12.8 Å². The zero-order valence-electron chi connectivity index (χ0n) is 22.4. The van der Waals surface area contributed by atoms with Crippen LogP contribution in [-0.2, 0) is 29.3 Å². The number of nitrogens with one attached hydrogen (secondary N) is 1. The summed E-state index contributed by atoms with van der Waals surface area (Å²) in [6, 6.07) is 12.9. The summed E-state index contributed by atoms with van der Waals surface area (Å²) in [5.41, 5.74) is -3.23. The maximum atomic E-state index is 14.3. The van der Waals surface area contributed by atoms with E-state index in [2.05, 4.69) is 25.6 Å². The highest BCUT2D eigenvalue weighted by molar-refractivity contribution is 7.80. The first-order chi connectivity index (χ1) is 20.3. The minimum Gasteiger partial charge on any atom is -0.359 e. The highest BCUT2D eigenvalue weighted by Crippen LogP contribution is 2.58. The van der Waals surface area contributed by atoms with Crippen LogP contribution >= 0.6 is 47.2 Å². The fraction of sp³-hybridized carbons (Fsp3) is 0.370. The summed E-state index contributed by atoms with van der Waals surface area (Å²) in [6.45, 7) is 1.75. The average Bonchev–Trinajstić information content (AvgIpc) is 3.67. The van der Waals surface area contributed by atoms with E-state index in [0.29, 0.717) is 21.4 Å². The minimum atomic E-state index is -1.92. The van der Waals surface area contributed by atoms with Crippen molar-refractivity contribution >= 4 is 53.1 Å². The number of thiol groups is 1. The Bertz CT molecular complexity index is 1560. The molecule has 2 unspecified atom stereocenters. The van der Waals surface area contributed by atoms with Gasteiger partial charge in [-0.15, -0.1) is 29.1 Å². The first-order valence-corrected chi connectivity index (χ1v) is 15.1. The summed E-state index contributed by atoms with van der Waals surface area (Å²) >= 11 is 19.5. The molecule has 4 aromatic rings. The highest BCUT2D eigenvalue weighted by Gasteiger charge is 2.77. The van der Waals surface area contributed by atoms with Gasteiger partial charge >= 0.3 is 0 Å². The molecular formula is C27H26Cl2N6O5S2. The van der Waals surface area contributed by atoms with Gasteiger partial charge in [0, 0.05) is 42.6 Å². The molecule has 2 saturated heterocycles. The Labute approximate surface area is 260 Å². The van der Waals surface area contributed by atoms with Gasteiger partial charge in [0.25, 0.3) is 5.91 Å². The third kappa shape index (κ3) is 4.46. The Morgan fingerprint density at radius 1 is 1.29 bits per heavy atom. The SMILES string of the molecule is CCO[C@@]1(C(=O)NC)[C@@H](S)O[C@@]2(Cl)COC(c3ccccc3)O[C@@H]2C1(c1cccnc1)n1cc(-c2nc(Cl)cs2)nn1. The van der Waals surface area contributed by atoms with Crippen LogP contribution in [-0.4, -0.2) is 73.3 Å². The van der Waals surface area contributed by atoms with Crippen molar-refractivity contribution in [1.82, 2.24) is 30.3 Å². The fourth-order valence-corrected chi connectivity index (χ4v) is 7.60. The second-order valence-electron chi connectivity index (χ2n) is 9.61. The monoisotopic (exact) mass is 648 g/mol. The molecule has 1 amide bonds. The van der Waals surface area contributed by atoms with Crippen LogP contribution in [0, 0.1) is 0 Å². The van der Waals surface area contributed by atoms with Crippen LogP contribution in [0.4, 0.5) is 0 Å². The molecule has 2 aliphatic rings. The number of hydrogen-bond donors (Lipinski definition) is 2. The number of alkyl halides is 1. The molecule has 1 aromatic carbocycles. The largest absolute Gasteiger partial charge is 0.359 e. The van der Waals surface area contributed by atoms with Crippen molar-refractivity contribution in [2.24, 2.45) is 0 Å². The first-order valence-electron chi connectivity index (χ1n) is 13.0. The molecule has 6 atom stereocenters. The smallest absolute Gasteiger partial charge is 0.258 e. The molecule has 5 heterocycles. The Morgan fingerprint density at radius 2 is 2.10 bits per heavy atom. The number of ether oxygens (including phenoxy) is 4. The predicted molar refractivity (Wildman–Crippen MR) is 158 cm³/mol. The van der Waals surface area contributed by atoms with E-state index in [4.69, 9.17) is 54.8 Å². The molecule has 15 heteroatoms. The predicted octanol–water partition coefficient (Wildman–Crippen LogP) is 4.05. The summed E-state index contributed by atoms with van der Waals surface area (Å²) in [6.07, 6.45) is 2.84. The third-order valence-corrected chi connectivity index (χ3v) is 9.40. The number of nitrogens with zero attached hydrogens (tertiary/aromatic N) is 5. The van der Waals surface area contributed by atoms with Gasteiger partial charge in [0.15, 0.2) is 16.9 Å². The molecular weight excluding hydrogens is 623 g/mol. The Hall–Kier alpha value is -2.62. The van der Waals surface area contributed by atoms with Crippen LogP contribution in [0.3, 0.4) is 0 Å². The molecule has 42 heavy (non-hydrogen) atoms. The number of benzene rings is 1. The lowest BCUT2D eigenvalue weighted by Gasteiger charge is -2.62. The van der Waals surface area contributed by atoms with E-state index < -0.39 is 39.9 Å². The van der Waals surface area contributed by atoms with E-state index in [0.717, 1.165) is 5.56 Å². The van der Waals surface area contributed by atoms with Crippen LogP contribution in [0.5, 0.6) is 0 Å². The van der Waals surface area contributed by atoms with E-state index in [1.807, 2.05) is 30.3 Å². The summed E-state index contributed by atoms with van der Waals surface area (Å²) in [4.78, 5) is 23.0. The van der Waals surface area contributed by atoms with E-state index >= 15 is 0 Å². The number of carbonyl (C=O) groups excluding carboxylic acids is 1. The lowest BCUT2D eigenvalue weighted by atomic mass is 9.66. The van der Waals surface area contributed by atoms with Crippen molar-refractivity contribution in [3.63, 3.8) is 0 Å². The highest BCUT2D eigenvalue weighted by atomic mass is 35.5. The number of thiazole rings is 1. The Morgan fingerprint density at radius 3 is 2.76 bits per heavy atom. The zero-order valence-corrected chi connectivity index (χ0v) is 25.6. The molecule has 0 bridgehead atoms. The first kappa shape index (κ1) is 29.5. The molecule has 0 radical (unpaired) electrons. The lowest BCUT2D eigenvalue weighted by molar-refractivity contribution is -0.353. The number of fused-ring (bicyclic) bond motifs is 1. The second kappa shape index (κ2) is 11.5. The van der Waals surface area contributed by atoms with Crippen LogP contribution in [0.2, 0.25) is 5.15 Å². The maximum Gasteiger partial charge on any atom is 0.258 e. The summed E-state index contributed by atoms with van der Waals surface area (Å²) in [5.74, 6) is -0.549. The molecule has 2 fully saturated rings. The van der Waals surface area contributed by atoms with Gasteiger partial charge in [-0.3, -0.25) is 9.78 Å². The van der Waals surface area contributed by atoms with Gasteiger partial charge in [0.1, 0.15) is 27.4 Å². The molecule has 0 spiro atoms. The van der Waals surface area contributed by atoms with E-state index in [-0.39, 0.29) is 13.2 Å². The van der Waals surface area contributed by atoms with Crippen LogP contribution in [0.15, 0.2) is 66.4 Å². The molecule has 0 aliphatic carbocycles. The standard InChI is InChI=1S/C27H26Cl2N6O5S2/c1-3-38-27(23(36)30-2)24(41)40-25(29)15-37-21(16-8-5-4-6-9-16)39-22(25)26(27,17-10-7-11-31-12-17)35-13-18(33-34-35)20-32-19(28)14-42-20/h4-14,21-22,24,41H,3,15H2,1-2H3,(H,30,36)/t21?,22-,24+,25-,26?,27-/m0/s1. The quantitative estimate of drug-likeness (QED) is 0.226. The molecule has 6 rings (SSSR count). The maximum absolute atomic E-state index is 14.3. The molecule has 1 N–H and O–H groups in total. The summed E-state index contributed by atoms with van der Waals surface area (Å²) in [5, 5.41) is 12.6. The number of hydrogen-bond acceptors (Lipinski definition) is 11. The van der Waals surface area contributed by atoms with Crippen molar-refractivity contribution in [2.45, 2.75) is 41.0 Å². The number of halogens is 2. The van der Waals surface area contributed by atoms with Gasteiger partial charge in [-0.25, -0.2) is 9.67 Å². The molecule has 0 saturated carbocycles. The Kier molecular flexibility index (Phi) is 8.04. The van der Waals surface area contributed by atoms with Crippen molar-refractivity contribution < 1.29 is 23.7 Å². The van der Waals surface area contributed by atoms with E-state index in [1.54, 1.807) is 43.0 Å². The lowest BCUT2D eigenvalue weighted by Crippen LogP contribution is -2.82. The summed E-state index contributed by atoms with van der Waals surface area (Å²) < 4.78 is 27.2. The van der Waals surface area contributed by atoms with Crippen LogP contribution in [0.1, 0.15) is 24.3 Å². The normalized spacial score (nSPS) is 30.9. The molecule has 220 valence electrons. The molecule has 3 aromatic heterocycles. The number of pyridine rings is 1.